The van der Waals surface area contributed by atoms with Gasteiger partial charge < -0.3 is 39.1 Å². The minimum Gasteiger partial charge on any atom is -0.462 e. The summed E-state index contributed by atoms with van der Waals surface area (Å²) in [6.07, 6.45) is 31.5. The van der Waals surface area contributed by atoms with Gasteiger partial charge in [-0.1, -0.05) is 206 Å². The number of phosphoric ester groups is 2. The van der Waals surface area contributed by atoms with Crippen LogP contribution in [-0.2, 0) is 93.5 Å². The van der Waals surface area contributed by atoms with Crippen LogP contribution in [0.5, 0.6) is 0 Å². The second kappa shape index (κ2) is 79.0. The lowest BCUT2D eigenvalue weighted by Gasteiger charge is -2.22. The molecule has 24 heteroatoms. The molecule has 0 spiro atoms. The molecule has 0 radical (unpaired) electrons. The smallest absolute Gasteiger partial charge is 0.462 e. The Morgan fingerprint density at radius 2 is 0.626 bits per heavy atom. The van der Waals surface area contributed by atoms with E-state index in [0.29, 0.717) is 38.5 Å². The Balaban J connectivity index is 6.17. The van der Waals surface area contributed by atoms with Crippen molar-refractivity contribution in [2.24, 2.45) is 0 Å². The highest BCUT2D eigenvalue weighted by molar-refractivity contribution is 7.48. The first-order valence-electron chi connectivity index (χ1n) is 40.7. The quantitative estimate of drug-likeness (QED) is 0.00837. The van der Waals surface area contributed by atoms with Crippen LogP contribution in [0.1, 0.15) is 266 Å². The fourth-order valence-corrected chi connectivity index (χ4v) is 12.5. The normalized spacial score (nSPS) is 11.9. The summed E-state index contributed by atoms with van der Waals surface area (Å²) in [6, 6.07) is 0. The Kier molecular flexibility index (Phi) is 72.9. The average Bonchev–Trinajstić information content (AvgIpc) is 0.888. The third-order valence-electron chi connectivity index (χ3n) is 16.1. The van der Waals surface area contributed by atoms with Crippen molar-refractivity contribution in [3.63, 3.8) is 0 Å². The van der Waals surface area contributed by atoms with Crippen LogP contribution in [0.2, 0.25) is 0 Å². The molecule has 0 rings (SSSR count). The maximum atomic E-state index is 14.0. The zero-order valence-electron chi connectivity index (χ0n) is 69.2. The van der Waals surface area contributed by atoms with E-state index >= 15 is 0 Å². The molecule has 0 aliphatic rings. The van der Waals surface area contributed by atoms with Crippen molar-refractivity contribution < 1.29 is 93.5 Å². The minimum absolute atomic E-state index is 0.0898. The van der Waals surface area contributed by atoms with Gasteiger partial charge in [-0.3, -0.25) is 46.3 Å². The van der Waals surface area contributed by atoms with E-state index in [1.54, 1.807) is 13.8 Å². The summed E-state index contributed by atoms with van der Waals surface area (Å²) < 4.78 is 96.3. The summed E-state index contributed by atoms with van der Waals surface area (Å²) >= 11 is 0. The van der Waals surface area contributed by atoms with E-state index < -0.39 is 96.7 Å². The molecule has 0 aromatic heterocycles. The number of unbranched alkanes of at least 4 members (excludes halogenated alkanes) is 24. The van der Waals surface area contributed by atoms with E-state index in [9.17, 15) is 37.9 Å². The molecule has 2 N–H and O–H groups in total. The molecule has 115 heavy (non-hydrogen) atoms. The van der Waals surface area contributed by atoms with Crippen LogP contribution >= 0.6 is 15.6 Å². The van der Waals surface area contributed by atoms with E-state index in [-0.39, 0.29) is 64.7 Å². The highest BCUT2D eigenvalue weighted by Crippen LogP contribution is 2.50. The molecule has 22 nitrogen and oxygen atoms in total. The molecule has 0 aromatic carbocycles. The van der Waals surface area contributed by atoms with Crippen molar-refractivity contribution in [3.05, 3.63) is 25.3 Å². The first-order valence-corrected chi connectivity index (χ1v) is 43.6. The first kappa shape index (κ1) is 106. The molecule has 2 unspecified atom stereocenters. The molecule has 0 fully saturated rings. The Morgan fingerprint density at radius 3 is 0.939 bits per heavy atom. The van der Waals surface area contributed by atoms with Gasteiger partial charge in [0, 0.05) is 50.6 Å². The van der Waals surface area contributed by atoms with Gasteiger partial charge in [-0.25, -0.2) is 18.7 Å². The van der Waals surface area contributed by atoms with E-state index in [0.717, 1.165) is 116 Å². The molecule has 2 amide bonds. The Labute approximate surface area is 689 Å². The van der Waals surface area contributed by atoms with Crippen LogP contribution in [0.3, 0.4) is 0 Å². The lowest BCUT2D eigenvalue weighted by molar-refractivity contribution is -0.152. The highest BCUT2D eigenvalue weighted by Gasteiger charge is 2.31. The number of hydrogen-bond acceptors (Lipinski definition) is 20. The number of rotatable bonds is 68. The largest absolute Gasteiger partial charge is 0.475 e. The fraction of sp³-hybridized carbons (Fsp3) is 0.626. The van der Waals surface area contributed by atoms with Crippen molar-refractivity contribution in [3.8, 4) is 142 Å². The molecule has 0 saturated heterocycles. The van der Waals surface area contributed by atoms with Gasteiger partial charge in [0.1, 0.15) is 30.8 Å². The van der Waals surface area contributed by atoms with Gasteiger partial charge in [0.05, 0.1) is 66.1 Å². The van der Waals surface area contributed by atoms with Gasteiger partial charge in [0.15, 0.2) is 0 Å². The Hall–Kier alpha value is -8.84. The molecule has 6 atom stereocenters. The molecular weight excluding hydrogens is 1500 g/mol. The third-order valence-corrected chi connectivity index (χ3v) is 18.9. The summed E-state index contributed by atoms with van der Waals surface area (Å²) in [5.41, 5.74) is 0. The summed E-state index contributed by atoms with van der Waals surface area (Å²) in [5.74, 6) is 55.1. The molecule has 628 valence electrons. The summed E-state index contributed by atoms with van der Waals surface area (Å²) in [5, 5.41) is 4.96. The number of hydrogen-bond donors (Lipinski definition) is 2. The number of carbonyl (C=O) groups is 6. The van der Waals surface area contributed by atoms with Gasteiger partial charge >= 0.3 is 39.5 Å². The topological polar surface area (TPSA) is 271 Å². The summed E-state index contributed by atoms with van der Waals surface area (Å²) in [7, 11) is -9.02. The van der Waals surface area contributed by atoms with Crippen molar-refractivity contribution in [1.82, 2.24) is 10.6 Å². The first-order chi connectivity index (χ1) is 56.0. The Morgan fingerprint density at radius 1 is 0.330 bits per heavy atom. The number of esters is 4. The zero-order chi connectivity index (χ0) is 84.3. The van der Waals surface area contributed by atoms with E-state index in [1.165, 1.54) is 76.4 Å². The highest BCUT2D eigenvalue weighted by atomic mass is 31.2. The van der Waals surface area contributed by atoms with Crippen LogP contribution in [0.4, 0.5) is 0 Å². The van der Waals surface area contributed by atoms with Crippen LogP contribution in [0, 0.1) is 142 Å². The van der Waals surface area contributed by atoms with Crippen LogP contribution in [0.25, 0.3) is 0 Å². The number of amides is 2. The van der Waals surface area contributed by atoms with Crippen molar-refractivity contribution in [2.45, 2.75) is 291 Å². The maximum Gasteiger partial charge on any atom is 0.475 e. The van der Waals surface area contributed by atoms with Gasteiger partial charge in [0.25, 0.3) is 0 Å². The number of ether oxygens (including phenoxy) is 6. The van der Waals surface area contributed by atoms with Gasteiger partial charge in [-0.15, -0.1) is 13.2 Å². The zero-order valence-corrected chi connectivity index (χ0v) is 71.0. The minimum atomic E-state index is -4.51. The van der Waals surface area contributed by atoms with Crippen LogP contribution in [0.15, 0.2) is 25.3 Å². The third kappa shape index (κ3) is 71.4. The molecule has 0 saturated carbocycles. The molecule has 0 aliphatic heterocycles. The second-order valence-electron chi connectivity index (χ2n) is 26.0. The van der Waals surface area contributed by atoms with Gasteiger partial charge in [-0.05, 0) is 171 Å². The predicted octanol–water partition coefficient (Wildman–Crippen LogP) is 15.4. The predicted molar refractivity (Wildman–Crippen MR) is 447 cm³/mol. The second-order valence-corrected chi connectivity index (χ2v) is 29.4. The molecule has 0 bridgehead atoms. The fourth-order valence-electron chi connectivity index (χ4n) is 10.2. The van der Waals surface area contributed by atoms with Gasteiger partial charge in [-0.2, -0.15) is 0 Å². The number of nitrogens with one attached hydrogen (secondary N) is 2. The Bertz CT molecular complexity index is 3500. The maximum absolute atomic E-state index is 14.0. The van der Waals surface area contributed by atoms with E-state index in [4.69, 9.17) is 55.6 Å². The van der Waals surface area contributed by atoms with Gasteiger partial charge in [0.2, 0.25) is 11.8 Å². The van der Waals surface area contributed by atoms with Crippen molar-refractivity contribution in [1.29, 1.82) is 0 Å². The molecular formula is C91H124N2O20P2. The standard InChI is InChI=1S/C91H124N2O20P2/c1-9-17-23-29-33-37-39-43-47-53-59-65-90(98)112-84(78-102-73-67-82(61-55-49-27-21-13-5)110-88(96)63-57-51-45-41-35-31-25-19-11-3)80-108-114(100,104-71-15-7)106-75-69-92-86(94)77-87(95)93-70-76-107-115(101,105-72-16-8)109-81-85(113-91(99)66-60-54-48-44-40-38-34-30-24-18-10-2)79-103-74-68-83(62-56-50-28-22-14-6)111-89(97)64-58-52-46-42-36-32-26-20-12-4/h15-16,82-85H,7-8,11-14,19-22,25-28,31-32,35-36,41-42,45-46,49-52,55-58,61-64,67-81H2,1-6H3,(H,92,94)(H,93,95)/t82-,83-,84+,85+,114?,115?/m1/s1. The average molecular weight is 1630 g/mol. The van der Waals surface area contributed by atoms with E-state index in [1.807, 2.05) is 0 Å². The summed E-state index contributed by atoms with van der Waals surface area (Å²) in [4.78, 5) is 78.2. The lowest BCUT2D eigenvalue weighted by Crippen LogP contribution is -2.34. The SMILES string of the molecule is C=CCOP(=O)(OCCNC(=O)CC(=O)NCCOP(=O)(OCC=C)OC[C@H](COCC[C@@H](CCCCCCC)OC(=O)CCCCCCCCCCC)OC(=O)C#CC#CC#CC#CC#CC#CC)OC[C@H](COCC[C@@H](CCCCCCC)OC(=O)CCCCCCCCCCC)OC(=O)C#CC#CC#CC#CC#CC#CC. The van der Waals surface area contributed by atoms with E-state index in [2.05, 4.69) is 194 Å². The summed E-state index contributed by atoms with van der Waals surface area (Å²) in [6.45, 7) is 15.4. The molecule has 0 heterocycles. The van der Waals surface area contributed by atoms with Crippen LogP contribution in [-0.4, -0.2) is 139 Å². The van der Waals surface area contributed by atoms with Crippen molar-refractivity contribution >= 4 is 51.3 Å². The lowest BCUT2D eigenvalue weighted by atomic mass is 10.1. The van der Waals surface area contributed by atoms with Crippen LogP contribution < -0.4 is 10.6 Å². The van der Waals surface area contributed by atoms with Crippen molar-refractivity contribution in [2.75, 3.05) is 79.2 Å². The monoisotopic (exact) mass is 1630 g/mol. The number of carbonyl (C=O) groups excluding carboxylic acids is 6. The molecule has 0 aliphatic carbocycles. The molecule has 0 aromatic rings. The number of phosphoric acid groups is 2.